The maximum absolute atomic E-state index is 12.1. The van der Waals surface area contributed by atoms with Gasteiger partial charge in [0, 0.05) is 9.26 Å². The Kier molecular flexibility index (Phi) is 7.78. The van der Waals surface area contributed by atoms with Crippen molar-refractivity contribution in [2.45, 2.75) is 26.4 Å². The number of hydrogen-bond donors (Lipinski definition) is 2. The van der Waals surface area contributed by atoms with E-state index in [1.54, 1.807) is 30.3 Å². The molecule has 0 fully saturated rings. The molecule has 2 aromatic carbocycles. The minimum absolute atomic E-state index is 0.313. The molecule has 0 saturated carbocycles. The molecule has 0 saturated heterocycles. The Morgan fingerprint density at radius 2 is 1.74 bits per heavy atom. The molecule has 0 radical (unpaired) electrons. The molecule has 1 unspecified atom stereocenters. The zero-order valence-electron chi connectivity index (χ0n) is 15.1. The summed E-state index contributed by atoms with van der Waals surface area (Å²) in [5.41, 5.74) is 2.27. The molecular weight excluding hydrogens is 459 g/mol. The summed E-state index contributed by atoms with van der Waals surface area (Å²) < 4.78 is 5.86. The average Bonchev–Trinajstić information content (AvgIpc) is 2.67. The minimum Gasteiger partial charge on any atom is -0.451 e. The second-order valence-corrected chi connectivity index (χ2v) is 7.00. The fourth-order valence-corrected chi connectivity index (χ4v) is 2.89. The summed E-state index contributed by atoms with van der Waals surface area (Å²) in [4.78, 5) is 36.1. The molecule has 0 heterocycles. The lowest BCUT2D eigenvalue weighted by atomic mass is 10.1. The third kappa shape index (κ3) is 6.35. The Labute approximate surface area is 171 Å². The molecule has 0 aliphatic rings. The van der Waals surface area contributed by atoms with E-state index in [9.17, 15) is 14.4 Å². The van der Waals surface area contributed by atoms with Gasteiger partial charge in [0.25, 0.3) is 11.8 Å². The van der Waals surface area contributed by atoms with Crippen LogP contribution in [0.2, 0.25) is 0 Å². The highest BCUT2D eigenvalue weighted by molar-refractivity contribution is 14.1. The second kappa shape index (κ2) is 10.1. The smallest absolute Gasteiger partial charge is 0.326 e. The first kappa shape index (κ1) is 20.9. The van der Waals surface area contributed by atoms with Crippen molar-refractivity contribution in [3.8, 4) is 0 Å². The van der Waals surface area contributed by atoms with Crippen LogP contribution in [-0.2, 0) is 20.7 Å². The monoisotopic (exact) mass is 480 g/mol. The summed E-state index contributed by atoms with van der Waals surface area (Å²) >= 11 is 2.05. The van der Waals surface area contributed by atoms with Gasteiger partial charge in [0.05, 0.1) is 5.56 Å². The third-order valence-electron chi connectivity index (χ3n) is 3.82. The number of anilines is 1. The lowest BCUT2D eigenvalue weighted by Crippen LogP contribution is -2.36. The van der Waals surface area contributed by atoms with Crippen LogP contribution >= 0.6 is 22.6 Å². The maximum Gasteiger partial charge on any atom is 0.326 e. The number of amides is 2. The number of benzene rings is 2. The molecule has 142 valence electrons. The Morgan fingerprint density at radius 3 is 2.37 bits per heavy atom. The first-order chi connectivity index (χ1) is 12.9. The predicted molar refractivity (Wildman–Crippen MR) is 111 cm³/mol. The molecule has 2 N–H and O–H groups in total. The SMILES string of the molecule is CCc1ccc(NC(=O)C(C)OC(=O)CNC(=O)c2ccccc2I)cc1. The van der Waals surface area contributed by atoms with Crippen LogP contribution in [0, 0.1) is 3.57 Å². The molecule has 2 rings (SSSR count). The van der Waals surface area contributed by atoms with Crippen molar-refractivity contribution in [3.63, 3.8) is 0 Å². The molecule has 0 aromatic heterocycles. The van der Waals surface area contributed by atoms with Gasteiger partial charge in [-0.15, -0.1) is 0 Å². The van der Waals surface area contributed by atoms with Crippen molar-refractivity contribution in [1.29, 1.82) is 0 Å². The van der Waals surface area contributed by atoms with Gasteiger partial charge in [-0.1, -0.05) is 31.2 Å². The van der Waals surface area contributed by atoms with Crippen LogP contribution < -0.4 is 10.6 Å². The number of nitrogens with one attached hydrogen (secondary N) is 2. The Balaban J connectivity index is 1.81. The zero-order chi connectivity index (χ0) is 19.8. The summed E-state index contributed by atoms with van der Waals surface area (Å²) in [7, 11) is 0. The number of carbonyl (C=O) groups is 3. The Morgan fingerprint density at radius 1 is 1.07 bits per heavy atom. The first-order valence-electron chi connectivity index (χ1n) is 8.52. The van der Waals surface area contributed by atoms with Gasteiger partial charge in [0.15, 0.2) is 6.10 Å². The van der Waals surface area contributed by atoms with E-state index in [1.165, 1.54) is 6.92 Å². The number of carbonyl (C=O) groups excluding carboxylic acids is 3. The molecule has 7 heteroatoms. The van der Waals surface area contributed by atoms with Gasteiger partial charge in [-0.3, -0.25) is 14.4 Å². The molecule has 0 bridgehead atoms. The molecule has 27 heavy (non-hydrogen) atoms. The fraction of sp³-hybridized carbons (Fsp3) is 0.250. The molecule has 6 nitrogen and oxygen atoms in total. The largest absolute Gasteiger partial charge is 0.451 e. The van der Waals surface area contributed by atoms with Crippen LogP contribution in [0.4, 0.5) is 5.69 Å². The van der Waals surface area contributed by atoms with E-state index < -0.39 is 18.0 Å². The average molecular weight is 480 g/mol. The van der Waals surface area contributed by atoms with Crippen LogP contribution in [0.25, 0.3) is 0 Å². The van der Waals surface area contributed by atoms with E-state index in [4.69, 9.17) is 4.74 Å². The van der Waals surface area contributed by atoms with Gasteiger partial charge in [-0.05, 0) is 65.8 Å². The van der Waals surface area contributed by atoms with Gasteiger partial charge in [0.1, 0.15) is 6.54 Å². The normalized spacial score (nSPS) is 11.4. The topological polar surface area (TPSA) is 84.5 Å². The molecule has 1 atom stereocenters. The Hall–Kier alpha value is -2.42. The fourth-order valence-electron chi connectivity index (χ4n) is 2.25. The van der Waals surface area contributed by atoms with E-state index >= 15 is 0 Å². The van der Waals surface area contributed by atoms with Gasteiger partial charge in [0.2, 0.25) is 0 Å². The third-order valence-corrected chi connectivity index (χ3v) is 4.76. The van der Waals surface area contributed by atoms with Gasteiger partial charge >= 0.3 is 5.97 Å². The van der Waals surface area contributed by atoms with Crippen molar-refractivity contribution >= 4 is 46.1 Å². The highest BCUT2D eigenvalue weighted by atomic mass is 127. The highest BCUT2D eigenvalue weighted by Crippen LogP contribution is 2.12. The van der Waals surface area contributed by atoms with Crippen LogP contribution in [0.1, 0.15) is 29.8 Å². The van der Waals surface area contributed by atoms with Gasteiger partial charge < -0.3 is 15.4 Å². The standard InChI is InChI=1S/C20H21IN2O4/c1-3-14-8-10-15(11-9-14)23-19(25)13(2)27-18(24)12-22-20(26)16-6-4-5-7-17(16)21/h4-11,13H,3,12H2,1-2H3,(H,22,26)(H,23,25). The highest BCUT2D eigenvalue weighted by Gasteiger charge is 2.19. The van der Waals surface area contributed by atoms with Crippen molar-refractivity contribution in [2.24, 2.45) is 0 Å². The van der Waals surface area contributed by atoms with Crippen LogP contribution in [0.15, 0.2) is 48.5 Å². The summed E-state index contributed by atoms with van der Waals surface area (Å²) in [5.74, 6) is -1.49. The lowest BCUT2D eigenvalue weighted by Gasteiger charge is -2.14. The number of ether oxygens (including phenoxy) is 1. The van der Waals surface area contributed by atoms with E-state index in [0.717, 1.165) is 15.6 Å². The molecule has 0 spiro atoms. The maximum atomic E-state index is 12.1. The number of hydrogen-bond acceptors (Lipinski definition) is 4. The molecule has 2 amide bonds. The van der Waals surface area contributed by atoms with E-state index in [1.807, 2.05) is 47.7 Å². The molecule has 2 aromatic rings. The van der Waals surface area contributed by atoms with Crippen LogP contribution in [-0.4, -0.2) is 30.4 Å². The van der Waals surface area contributed by atoms with Crippen molar-refractivity contribution in [2.75, 3.05) is 11.9 Å². The molecular formula is C20H21IN2O4. The van der Waals surface area contributed by atoms with E-state index in [2.05, 4.69) is 10.6 Å². The van der Waals surface area contributed by atoms with E-state index in [0.29, 0.717) is 11.3 Å². The van der Waals surface area contributed by atoms with E-state index in [-0.39, 0.29) is 12.5 Å². The molecule has 0 aliphatic heterocycles. The van der Waals surface area contributed by atoms with Crippen molar-refractivity contribution in [1.82, 2.24) is 5.32 Å². The molecule has 0 aliphatic carbocycles. The van der Waals surface area contributed by atoms with Crippen molar-refractivity contribution in [3.05, 3.63) is 63.2 Å². The Bertz CT molecular complexity index is 821. The quantitative estimate of drug-likeness (QED) is 0.471. The summed E-state index contributed by atoms with van der Waals surface area (Å²) in [6.45, 7) is 3.22. The van der Waals surface area contributed by atoms with Crippen LogP contribution in [0.5, 0.6) is 0 Å². The zero-order valence-corrected chi connectivity index (χ0v) is 17.3. The predicted octanol–water partition coefficient (Wildman–Crippen LogP) is 3.15. The minimum atomic E-state index is -0.975. The summed E-state index contributed by atoms with van der Waals surface area (Å²) in [6, 6.07) is 14.5. The number of aryl methyl sites for hydroxylation is 1. The first-order valence-corrected chi connectivity index (χ1v) is 9.60. The summed E-state index contributed by atoms with van der Waals surface area (Å²) in [5, 5.41) is 5.19. The van der Waals surface area contributed by atoms with Crippen molar-refractivity contribution < 1.29 is 19.1 Å². The van der Waals surface area contributed by atoms with Crippen LogP contribution in [0.3, 0.4) is 0 Å². The van der Waals surface area contributed by atoms with Gasteiger partial charge in [-0.25, -0.2) is 0 Å². The second-order valence-electron chi connectivity index (χ2n) is 5.83. The number of rotatable bonds is 7. The lowest BCUT2D eigenvalue weighted by molar-refractivity contribution is -0.152. The van der Waals surface area contributed by atoms with Gasteiger partial charge in [-0.2, -0.15) is 0 Å². The summed E-state index contributed by atoms with van der Waals surface area (Å²) in [6.07, 6.45) is -0.0622. The number of esters is 1. The number of halogens is 1.